The van der Waals surface area contributed by atoms with Gasteiger partial charge in [0.15, 0.2) is 16.8 Å². The van der Waals surface area contributed by atoms with E-state index in [4.69, 9.17) is 0 Å². The first-order chi connectivity index (χ1) is 14.1. The van der Waals surface area contributed by atoms with Gasteiger partial charge in [-0.15, -0.1) is 10.2 Å². The highest BCUT2D eigenvalue weighted by Gasteiger charge is 2.31. The number of hydrogen-bond donors (Lipinski definition) is 1. The summed E-state index contributed by atoms with van der Waals surface area (Å²) in [6.07, 6.45) is 5.70. The van der Waals surface area contributed by atoms with Crippen molar-refractivity contribution in [2.75, 3.05) is 11.1 Å². The van der Waals surface area contributed by atoms with Gasteiger partial charge in [0.05, 0.1) is 11.7 Å². The molecule has 1 aliphatic carbocycles. The average Bonchev–Trinajstić information content (AvgIpc) is 3.44. The highest BCUT2D eigenvalue weighted by atomic mass is 32.2. The van der Waals surface area contributed by atoms with E-state index in [-0.39, 0.29) is 23.4 Å². The van der Waals surface area contributed by atoms with Crippen LogP contribution in [0.3, 0.4) is 0 Å². The van der Waals surface area contributed by atoms with Gasteiger partial charge in [-0.1, -0.05) is 11.8 Å². The zero-order chi connectivity index (χ0) is 20.0. The summed E-state index contributed by atoms with van der Waals surface area (Å²) in [5, 5.41) is 12.3. The smallest absolute Gasteiger partial charge is 0.231 e. The van der Waals surface area contributed by atoms with E-state index in [1.807, 2.05) is 31.2 Å². The number of carbonyl (C=O) groups is 2. The van der Waals surface area contributed by atoms with E-state index < -0.39 is 0 Å². The molecule has 1 fully saturated rings. The number of pyridine rings is 1. The Balaban J connectivity index is 1.35. The lowest BCUT2D eigenvalue weighted by Crippen LogP contribution is -2.08. The van der Waals surface area contributed by atoms with Crippen LogP contribution in [0.5, 0.6) is 0 Å². The molecule has 2 aliphatic rings. The number of fused-ring (bicyclic) bond motifs is 1. The maximum Gasteiger partial charge on any atom is 0.231 e. The van der Waals surface area contributed by atoms with E-state index in [1.54, 1.807) is 18.5 Å². The molecule has 1 aliphatic heterocycles. The normalized spacial score (nSPS) is 17.8. The molecule has 1 atom stereocenters. The molecule has 29 heavy (non-hydrogen) atoms. The van der Waals surface area contributed by atoms with Gasteiger partial charge in [-0.05, 0) is 55.7 Å². The molecule has 3 aromatic rings. The largest absolute Gasteiger partial charge is 0.325 e. The minimum Gasteiger partial charge on any atom is -0.325 e. The van der Waals surface area contributed by atoms with Gasteiger partial charge in [0.1, 0.15) is 0 Å². The lowest BCUT2D eigenvalue weighted by molar-refractivity contribution is -0.116. The summed E-state index contributed by atoms with van der Waals surface area (Å²) >= 11 is 1.41. The molecule has 8 heteroatoms. The summed E-state index contributed by atoms with van der Waals surface area (Å²) in [5.74, 6) is 0.820. The van der Waals surface area contributed by atoms with Gasteiger partial charge in [0.25, 0.3) is 0 Å². The standard InChI is InChI=1S/C21H19N5O2S/c1-12-16-9-13(4-7-17(16)23-20(12)28)18(27)11-29-21-25-24-19(26(21)15-5-6-15)14-3-2-8-22-10-14/h2-4,7-10,12,15H,5-6,11H2,1H3,(H,23,28)/t12-/m0/s1. The van der Waals surface area contributed by atoms with Crippen LogP contribution in [0, 0.1) is 0 Å². The number of benzene rings is 1. The third kappa shape index (κ3) is 3.33. The van der Waals surface area contributed by atoms with E-state index in [9.17, 15) is 9.59 Å². The molecule has 5 rings (SSSR count). The Bertz CT molecular complexity index is 1110. The molecule has 1 N–H and O–H groups in total. The number of aromatic nitrogens is 4. The fourth-order valence-corrected chi connectivity index (χ4v) is 4.43. The summed E-state index contributed by atoms with van der Waals surface area (Å²) in [6.45, 7) is 1.85. The Morgan fingerprint density at radius 2 is 2.14 bits per heavy atom. The van der Waals surface area contributed by atoms with Gasteiger partial charge >= 0.3 is 0 Å². The Morgan fingerprint density at radius 1 is 1.28 bits per heavy atom. The van der Waals surface area contributed by atoms with Crippen LogP contribution in [-0.4, -0.2) is 37.2 Å². The van der Waals surface area contributed by atoms with Crippen LogP contribution in [0.4, 0.5) is 5.69 Å². The van der Waals surface area contributed by atoms with Crippen molar-refractivity contribution < 1.29 is 9.59 Å². The Morgan fingerprint density at radius 3 is 2.90 bits per heavy atom. The average molecular weight is 405 g/mol. The molecule has 1 aromatic carbocycles. The van der Waals surface area contributed by atoms with E-state index in [2.05, 4.69) is 25.1 Å². The number of anilines is 1. The van der Waals surface area contributed by atoms with Crippen molar-refractivity contribution in [1.29, 1.82) is 0 Å². The highest BCUT2D eigenvalue weighted by Crippen LogP contribution is 2.41. The van der Waals surface area contributed by atoms with E-state index >= 15 is 0 Å². The van der Waals surface area contributed by atoms with E-state index in [1.165, 1.54) is 11.8 Å². The number of hydrogen-bond acceptors (Lipinski definition) is 6. The second-order valence-electron chi connectivity index (χ2n) is 7.37. The molecule has 0 unspecified atom stereocenters. The van der Waals surface area contributed by atoms with Crippen LogP contribution in [-0.2, 0) is 4.79 Å². The quantitative estimate of drug-likeness (QED) is 0.497. The summed E-state index contributed by atoms with van der Waals surface area (Å²) in [7, 11) is 0. The molecular formula is C21H19N5O2S. The topological polar surface area (TPSA) is 89.8 Å². The number of Topliss-reactive ketones (excluding diaryl/α,β-unsaturated/α-hetero) is 1. The fourth-order valence-electron chi connectivity index (χ4n) is 3.53. The monoisotopic (exact) mass is 405 g/mol. The number of amides is 1. The van der Waals surface area contributed by atoms with Crippen LogP contribution in [0.2, 0.25) is 0 Å². The number of ketones is 1. The first-order valence-electron chi connectivity index (χ1n) is 9.58. The van der Waals surface area contributed by atoms with Gasteiger partial charge in [-0.25, -0.2) is 0 Å². The summed E-state index contributed by atoms with van der Waals surface area (Å²) < 4.78 is 2.13. The summed E-state index contributed by atoms with van der Waals surface area (Å²) in [6, 6.07) is 9.64. The van der Waals surface area contributed by atoms with Crippen LogP contribution >= 0.6 is 11.8 Å². The Hall–Kier alpha value is -3.00. The second kappa shape index (κ2) is 7.11. The van der Waals surface area contributed by atoms with Gasteiger partial charge in [-0.2, -0.15) is 0 Å². The van der Waals surface area contributed by atoms with Gasteiger partial charge in [0.2, 0.25) is 5.91 Å². The molecule has 0 bridgehead atoms. The van der Waals surface area contributed by atoms with Gasteiger partial charge in [-0.3, -0.25) is 19.1 Å². The maximum absolute atomic E-state index is 12.8. The van der Waals surface area contributed by atoms with Crippen LogP contribution in [0.1, 0.15) is 47.6 Å². The minimum absolute atomic E-state index is 0.0117. The van der Waals surface area contributed by atoms with Crippen LogP contribution < -0.4 is 5.32 Å². The van der Waals surface area contributed by atoms with Crippen molar-refractivity contribution in [3.05, 3.63) is 53.9 Å². The third-order valence-corrected chi connectivity index (χ3v) is 6.26. The predicted molar refractivity (Wildman–Crippen MR) is 110 cm³/mol. The SMILES string of the molecule is C[C@@H]1C(=O)Nc2ccc(C(=O)CSc3nnc(-c4cccnc4)n3C3CC3)cc21. The Kier molecular flexibility index (Phi) is 4.43. The molecule has 1 saturated carbocycles. The van der Waals surface area contributed by atoms with Crippen LogP contribution in [0.15, 0.2) is 47.9 Å². The summed E-state index contributed by atoms with van der Waals surface area (Å²) in [5.41, 5.74) is 3.21. The van der Waals surface area contributed by atoms with Crippen molar-refractivity contribution in [1.82, 2.24) is 19.7 Å². The molecule has 0 radical (unpaired) electrons. The first kappa shape index (κ1) is 18.1. The van der Waals surface area contributed by atoms with Crippen molar-refractivity contribution in [2.24, 2.45) is 0 Å². The highest BCUT2D eigenvalue weighted by molar-refractivity contribution is 7.99. The molecule has 7 nitrogen and oxygen atoms in total. The van der Waals surface area contributed by atoms with E-state index in [0.717, 1.165) is 40.6 Å². The zero-order valence-electron chi connectivity index (χ0n) is 15.8. The maximum atomic E-state index is 12.8. The zero-order valence-corrected chi connectivity index (χ0v) is 16.6. The lowest BCUT2D eigenvalue weighted by atomic mass is 9.99. The fraction of sp³-hybridized carbons (Fsp3) is 0.286. The number of nitrogens with one attached hydrogen (secondary N) is 1. The van der Waals surface area contributed by atoms with Crippen molar-refractivity contribution in [3.8, 4) is 11.4 Å². The first-order valence-corrected chi connectivity index (χ1v) is 10.6. The van der Waals surface area contributed by atoms with Crippen molar-refractivity contribution >= 4 is 29.1 Å². The number of carbonyl (C=O) groups excluding carboxylic acids is 2. The van der Waals surface area contributed by atoms with Gasteiger partial charge in [0, 0.05) is 35.2 Å². The van der Waals surface area contributed by atoms with E-state index in [0.29, 0.717) is 11.6 Å². The number of rotatable bonds is 6. The second-order valence-corrected chi connectivity index (χ2v) is 8.32. The number of thioether (sulfide) groups is 1. The van der Waals surface area contributed by atoms with Gasteiger partial charge < -0.3 is 5.32 Å². The predicted octanol–water partition coefficient (Wildman–Crippen LogP) is 3.71. The van der Waals surface area contributed by atoms with Crippen LogP contribution in [0.25, 0.3) is 11.4 Å². The Labute approximate surface area is 171 Å². The molecule has 3 heterocycles. The van der Waals surface area contributed by atoms with Crippen molar-refractivity contribution in [2.45, 2.75) is 36.9 Å². The lowest BCUT2D eigenvalue weighted by Gasteiger charge is -2.09. The molecule has 0 saturated heterocycles. The number of nitrogens with zero attached hydrogens (tertiary/aromatic N) is 4. The molecule has 2 aromatic heterocycles. The minimum atomic E-state index is -0.231. The van der Waals surface area contributed by atoms with Crippen molar-refractivity contribution in [3.63, 3.8) is 0 Å². The third-order valence-electron chi connectivity index (χ3n) is 5.32. The summed E-state index contributed by atoms with van der Waals surface area (Å²) in [4.78, 5) is 28.8. The molecule has 0 spiro atoms. The molecule has 146 valence electrons. The molecule has 1 amide bonds. The molecular weight excluding hydrogens is 386 g/mol.